The Balaban J connectivity index is 1.71. The van der Waals surface area contributed by atoms with E-state index in [1.165, 1.54) is 30.5 Å². The van der Waals surface area contributed by atoms with Crippen LogP contribution in [-0.2, 0) is 7.05 Å². The molecule has 0 atom stereocenters. The summed E-state index contributed by atoms with van der Waals surface area (Å²) in [5, 5.41) is 34.0. The summed E-state index contributed by atoms with van der Waals surface area (Å²) in [4.78, 5) is 23.2. The molecule has 4 aromatic rings. The van der Waals surface area contributed by atoms with E-state index in [1.54, 1.807) is 17.9 Å². The van der Waals surface area contributed by atoms with Gasteiger partial charge in [-0.15, -0.1) is 5.10 Å². The van der Waals surface area contributed by atoms with Crippen LogP contribution in [0.3, 0.4) is 0 Å². The van der Waals surface area contributed by atoms with Crippen LogP contribution in [0, 0.1) is 17.0 Å². The van der Waals surface area contributed by atoms with Gasteiger partial charge in [-0.1, -0.05) is 5.21 Å². The van der Waals surface area contributed by atoms with Crippen LogP contribution in [0.5, 0.6) is 0 Å². The monoisotopic (exact) mass is 437 g/mol. The molecule has 32 heavy (non-hydrogen) atoms. The molecule has 15 heteroatoms. The Bertz CT molecular complexity index is 1330. The normalized spacial score (nSPS) is 11.2. The van der Waals surface area contributed by atoms with Crippen molar-refractivity contribution in [2.24, 2.45) is 12.1 Å². The van der Waals surface area contributed by atoms with Crippen LogP contribution < -0.4 is 11.2 Å². The quantitative estimate of drug-likeness (QED) is 0.245. The van der Waals surface area contributed by atoms with Crippen molar-refractivity contribution < 1.29 is 14.3 Å². The van der Waals surface area contributed by atoms with E-state index >= 15 is 0 Å². The minimum Gasteiger partial charge on any atom is -0.378 e. The van der Waals surface area contributed by atoms with E-state index < -0.39 is 10.8 Å². The van der Waals surface area contributed by atoms with Crippen molar-refractivity contribution in [2.45, 2.75) is 6.92 Å². The summed E-state index contributed by atoms with van der Waals surface area (Å²) in [6, 6.07) is 5.44. The predicted molar refractivity (Wildman–Crippen MR) is 109 cm³/mol. The molecule has 15 nitrogen and oxygen atoms in total. The zero-order valence-corrected chi connectivity index (χ0v) is 16.7. The number of nitro groups is 1. The fourth-order valence-corrected chi connectivity index (χ4v) is 2.78. The van der Waals surface area contributed by atoms with E-state index in [9.17, 15) is 14.9 Å². The van der Waals surface area contributed by atoms with Gasteiger partial charge in [0.05, 0.1) is 17.3 Å². The Morgan fingerprint density at radius 2 is 2.06 bits per heavy atom. The Morgan fingerprint density at radius 1 is 1.31 bits per heavy atom. The summed E-state index contributed by atoms with van der Waals surface area (Å²) in [5.41, 5.74) is 10.00. The largest absolute Gasteiger partial charge is 0.378 e. The van der Waals surface area contributed by atoms with Gasteiger partial charge >= 0.3 is 0 Å². The molecule has 0 unspecified atom stereocenters. The molecular weight excluding hydrogens is 422 g/mol. The van der Waals surface area contributed by atoms with Crippen LogP contribution >= 0.6 is 0 Å². The Labute approximate surface area is 178 Å². The highest BCUT2D eigenvalue weighted by Gasteiger charge is 2.25. The molecule has 0 aliphatic rings. The molecule has 0 saturated carbocycles. The summed E-state index contributed by atoms with van der Waals surface area (Å²) in [6.07, 6.45) is 3.04. The maximum atomic E-state index is 12.8. The van der Waals surface area contributed by atoms with Gasteiger partial charge in [-0.25, -0.2) is 10.1 Å². The Hall–Kier alpha value is -4.95. The van der Waals surface area contributed by atoms with Crippen molar-refractivity contribution in [2.75, 3.05) is 5.73 Å². The van der Waals surface area contributed by atoms with Crippen LogP contribution in [0.4, 0.5) is 11.5 Å². The number of nitrogens with one attached hydrogen (secondary N) is 1. The minimum absolute atomic E-state index is 0.000566. The van der Waals surface area contributed by atoms with Gasteiger partial charge < -0.3 is 5.73 Å². The highest BCUT2D eigenvalue weighted by atomic mass is 16.6. The summed E-state index contributed by atoms with van der Waals surface area (Å²) in [5.74, 6) is -0.771. The number of nitrogens with zero attached hydrogens (tertiary/aromatic N) is 9. The molecule has 0 saturated heterocycles. The third-order valence-electron chi connectivity index (χ3n) is 4.58. The number of carbonyl (C=O) groups excluding carboxylic acids is 1. The average Bonchev–Trinajstić information content (AvgIpc) is 3.48. The smallest absolute Gasteiger partial charge is 0.294 e. The number of nitro benzene ring substituents is 1. The molecule has 1 amide bonds. The SMILES string of the molecule is Cc1c(/C=N/NC(=O)c2nnn(-c3nonc3N)c2-c2ccc([N+](=O)[O-])cc2)cnn1C. The highest BCUT2D eigenvalue weighted by Crippen LogP contribution is 2.28. The van der Waals surface area contributed by atoms with Gasteiger partial charge in [-0.3, -0.25) is 19.6 Å². The molecular formula is C17H15N11O4. The van der Waals surface area contributed by atoms with Crippen molar-refractivity contribution in [3.8, 4) is 17.1 Å². The molecule has 3 aromatic heterocycles. The van der Waals surface area contributed by atoms with Crippen LogP contribution in [0.2, 0.25) is 0 Å². The molecule has 0 radical (unpaired) electrons. The van der Waals surface area contributed by atoms with Crippen molar-refractivity contribution in [1.29, 1.82) is 0 Å². The molecule has 4 rings (SSSR count). The van der Waals surface area contributed by atoms with E-state index in [-0.39, 0.29) is 28.7 Å². The number of hydrazone groups is 1. The number of carbonyl (C=O) groups is 1. The lowest BCUT2D eigenvalue weighted by atomic mass is 10.1. The first-order valence-electron chi connectivity index (χ1n) is 8.97. The number of nitrogens with two attached hydrogens (primary N) is 1. The molecule has 0 bridgehead atoms. The van der Waals surface area contributed by atoms with E-state index in [0.717, 1.165) is 10.4 Å². The number of benzene rings is 1. The molecule has 0 aliphatic heterocycles. The summed E-state index contributed by atoms with van der Waals surface area (Å²) < 4.78 is 7.42. The van der Waals surface area contributed by atoms with Gasteiger partial charge in [-0.05, 0) is 29.4 Å². The van der Waals surface area contributed by atoms with E-state index in [0.29, 0.717) is 11.1 Å². The topological polar surface area (TPSA) is 198 Å². The number of anilines is 1. The van der Waals surface area contributed by atoms with Gasteiger partial charge in [-0.2, -0.15) is 14.9 Å². The van der Waals surface area contributed by atoms with Crippen molar-refractivity contribution in [3.05, 3.63) is 57.5 Å². The molecule has 3 N–H and O–H groups in total. The first-order chi connectivity index (χ1) is 15.4. The van der Waals surface area contributed by atoms with Crippen LogP contribution in [0.1, 0.15) is 21.7 Å². The minimum atomic E-state index is -0.683. The number of aromatic nitrogens is 7. The molecule has 0 fully saturated rings. The fraction of sp³-hybridized carbons (Fsp3) is 0.118. The zero-order chi connectivity index (χ0) is 22.8. The maximum Gasteiger partial charge on any atom is 0.294 e. The van der Waals surface area contributed by atoms with Gasteiger partial charge in [0.2, 0.25) is 11.6 Å². The zero-order valence-electron chi connectivity index (χ0n) is 16.7. The molecule has 162 valence electrons. The average molecular weight is 437 g/mol. The lowest BCUT2D eigenvalue weighted by molar-refractivity contribution is -0.384. The second-order valence-electron chi connectivity index (χ2n) is 6.48. The first kappa shape index (κ1) is 20.3. The summed E-state index contributed by atoms with van der Waals surface area (Å²) in [7, 11) is 1.78. The maximum absolute atomic E-state index is 12.8. The molecule has 0 aliphatic carbocycles. The summed E-state index contributed by atoms with van der Waals surface area (Å²) >= 11 is 0. The third kappa shape index (κ3) is 3.64. The second kappa shape index (κ2) is 8.05. The highest BCUT2D eigenvalue weighted by molar-refractivity contribution is 5.98. The van der Waals surface area contributed by atoms with Crippen LogP contribution in [0.15, 0.2) is 40.2 Å². The van der Waals surface area contributed by atoms with Crippen molar-refractivity contribution in [1.82, 2.24) is 40.5 Å². The lowest BCUT2D eigenvalue weighted by Gasteiger charge is -2.05. The molecule has 3 heterocycles. The lowest BCUT2D eigenvalue weighted by Crippen LogP contribution is -2.19. The number of amides is 1. The standard InChI is InChI=1S/C17H15N11O4/c1-9-11(8-20-26(9)2)7-19-22-17(29)13-14(10-3-5-12(6-4-10)28(30)31)27(25-21-13)16-15(18)23-32-24-16/h3-8H,1-2H3,(H2,18,23)(H,22,29)/b19-7+. The van der Waals surface area contributed by atoms with Crippen molar-refractivity contribution >= 4 is 23.6 Å². The van der Waals surface area contributed by atoms with Crippen LogP contribution in [0.25, 0.3) is 17.1 Å². The first-order valence-corrected chi connectivity index (χ1v) is 8.97. The van der Waals surface area contributed by atoms with Gasteiger partial charge in [0, 0.05) is 36.0 Å². The number of nitrogen functional groups attached to an aromatic ring is 1. The second-order valence-corrected chi connectivity index (χ2v) is 6.48. The number of hydrogen-bond acceptors (Lipinski definition) is 11. The Kier molecular flexibility index (Phi) is 5.12. The van der Waals surface area contributed by atoms with Crippen LogP contribution in [-0.4, -0.2) is 52.1 Å². The molecule has 0 spiro atoms. The van der Waals surface area contributed by atoms with Gasteiger partial charge in [0.15, 0.2) is 5.69 Å². The summed E-state index contributed by atoms with van der Waals surface area (Å²) in [6.45, 7) is 1.85. The number of non-ortho nitro benzene ring substituents is 1. The number of hydrogen-bond donors (Lipinski definition) is 2. The third-order valence-corrected chi connectivity index (χ3v) is 4.58. The predicted octanol–water partition coefficient (Wildman–Crippen LogP) is 0.614. The number of aryl methyl sites for hydroxylation is 1. The van der Waals surface area contributed by atoms with E-state index in [2.05, 4.69) is 40.9 Å². The van der Waals surface area contributed by atoms with E-state index in [4.69, 9.17) is 5.73 Å². The fourth-order valence-electron chi connectivity index (χ4n) is 2.78. The Morgan fingerprint density at radius 3 is 2.66 bits per heavy atom. The van der Waals surface area contributed by atoms with Crippen molar-refractivity contribution in [3.63, 3.8) is 0 Å². The molecule has 1 aromatic carbocycles. The van der Waals surface area contributed by atoms with Gasteiger partial charge in [0.1, 0.15) is 5.69 Å². The van der Waals surface area contributed by atoms with Gasteiger partial charge in [0.25, 0.3) is 11.6 Å². The van der Waals surface area contributed by atoms with E-state index in [1.807, 2.05) is 6.92 Å². The number of rotatable bonds is 6.